The molecule has 0 atom stereocenters. The molecule has 0 bridgehead atoms. The van der Waals surface area contributed by atoms with Gasteiger partial charge in [-0.3, -0.25) is 0 Å². The standard InChI is InChI=1S/C10H14.2C2H6/c1-8(2)10-7-5-4-6-9(10)3;2*1-2/h4,6H,1,5,7H2,2-3H3;2*1-2H3. The number of rotatable bonds is 1. The molecule has 14 heavy (non-hydrogen) atoms. The van der Waals surface area contributed by atoms with Crippen LogP contribution >= 0.6 is 0 Å². The van der Waals surface area contributed by atoms with E-state index in [1.165, 1.54) is 29.6 Å². The fourth-order valence-electron chi connectivity index (χ4n) is 1.34. The first-order valence-corrected chi connectivity index (χ1v) is 5.74. The molecular formula is C14H26. The largest absolute Gasteiger partial charge is 0.0958 e. The summed E-state index contributed by atoms with van der Waals surface area (Å²) in [4.78, 5) is 0. The lowest BCUT2D eigenvalue weighted by atomic mass is 9.94. The van der Waals surface area contributed by atoms with Gasteiger partial charge in [-0.25, -0.2) is 0 Å². The maximum Gasteiger partial charge on any atom is -0.0239 e. The van der Waals surface area contributed by atoms with E-state index in [0.29, 0.717) is 0 Å². The third-order valence-corrected chi connectivity index (χ3v) is 1.92. The molecule has 0 aromatic heterocycles. The fourth-order valence-corrected chi connectivity index (χ4v) is 1.34. The summed E-state index contributed by atoms with van der Waals surface area (Å²) in [5.74, 6) is 0. The first-order valence-electron chi connectivity index (χ1n) is 5.74. The highest BCUT2D eigenvalue weighted by Gasteiger charge is 2.03. The molecule has 0 fully saturated rings. The number of hydrogen-bond acceptors (Lipinski definition) is 0. The smallest absolute Gasteiger partial charge is 0.0239 e. The Labute approximate surface area is 90.4 Å². The highest BCUT2D eigenvalue weighted by atomic mass is 14.1. The molecule has 0 N–H and O–H groups in total. The zero-order chi connectivity index (χ0) is 11.6. The van der Waals surface area contributed by atoms with E-state index in [4.69, 9.17) is 0 Å². The summed E-state index contributed by atoms with van der Waals surface area (Å²) < 4.78 is 0. The number of allylic oxidation sites excluding steroid dienone is 5. The molecule has 0 spiro atoms. The molecule has 0 aliphatic heterocycles. The lowest BCUT2D eigenvalue weighted by Crippen LogP contribution is -1.92. The number of hydrogen-bond donors (Lipinski definition) is 0. The monoisotopic (exact) mass is 194 g/mol. The van der Waals surface area contributed by atoms with Crippen molar-refractivity contribution in [3.63, 3.8) is 0 Å². The Morgan fingerprint density at radius 1 is 1.21 bits per heavy atom. The Bertz CT molecular complexity index is 204. The lowest BCUT2D eigenvalue weighted by molar-refractivity contribution is 0.949. The molecule has 0 unspecified atom stereocenters. The summed E-state index contributed by atoms with van der Waals surface area (Å²) in [6.45, 7) is 16.2. The van der Waals surface area contributed by atoms with Crippen molar-refractivity contribution in [3.05, 3.63) is 35.5 Å². The molecule has 82 valence electrons. The molecule has 0 amide bonds. The predicted octanol–water partition coefficient (Wildman–Crippen LogP) is 5.28. The van der Waals surface area contributed by atoms with E-state index >= 15 is 0 Å². The molecule has 1 aliphatic rings. The van der Waals surface area contributed by atoms with Gasteiger partial charge in [-0.15, -0.1) is 0 Å². The van der Waals surface area contributed by atoms with Crippen molar-refractivity contribution < 1.29 is 0 Å². The third-order valence-electron chi connectivity index (χ3n) is 1.92. The van der Waals surface area contributed by atoms with Gasteiger partial charge in [0.05, 0.1) is 0 Å². The molecule has 0 heterocycles. The molecule has 1 rings (SSSR count). The van der Waals surface area contributed by atoms with E-state index in [1.54, 1.807) is 0 Å². The minimum Gasteiger partial charge on any atom is -0.0958 e. The summed E-state index contributed by atoms with van der Waals surface area (Å²) >= 11 is 0. The maximum absolute atomic E-state index is 3.94. The van der Waals surface area contributed by atoms with Gasteiger partial charge >= 0.3 is 0 Å². The van der Waals surface area contributed by atoms with Crippen molar-refractivity contribution >= 4 is 0 Å². The molecule has 0 aromatic rings. The predicted molar refractivity (Wildman–Crippen MR) is 68.6 cm³/mol. The first kappa shape index (κ1) is 15.7. The Morgan fingerprint density at radius 3 is 2.00 bits per heavy atom. The van der Waals surface area contributed by atoms with E-state index in [-0.39, 0.29) is 0 Å². The second-order valence-corrected chi connectivity index (χ2v) is 2.88. The Balaban J connectivity index is 0. The Hall–Kier alpha value is -0.780. The van der Waals surface area contributed by atoms with Gasteiger partial charge in [-0.05, 0) is 37.8 Å². The topological polar surface area (TPSA) is 0 Å². The quantitative estimate of drug-likeness (QED) is 0.532. The van der Waals surface area contributed by atoms with Gasteiger partial charge in [-0.2, -0.15) is 0 Å². The summed E-state index contributed by atoms with van der Waals surface area (Å²) in [5.41, 5.74) is 4.06. The molecule has 0 saturated heterocycles. The highest BCUT2D eigenvalue weighted by Crippen LogP contribution is 2.23. The van der Waals surface area contributed by atoms with Crippen molar-refractivity contribution in [1.29, 1.82) is 0 Å². The second-order valence-electron chi connectivity index (χ2n) is 2.88. The van der Waals surface area contributed by atoms with Crippen molar-refractivity contribution in [2.45, 2.75) is 54.4 Å². The van der Waals surface area contributed by atoms with Crippen LogP contribution in [0.4, 0.5) is 0 Å². The molecule has 0 aromatic carbocycles. The fraction of sp³-hybridized carbons (Fsp3) is 0.571. The first-order chi connectivity index (χ1) is 6.72. The normalized spacial score (nSPS) is 13.6. The highest BCUT2D eigenvalue weighted by molar-refractivity contribution is 5.38. The summed E-state index contributed by atoms with van der Waals surface area (Å²) in [6.07, 6.45) is 6.77. The van der Waals surface area contributed by atoms with Crippen molar-refractivity contribution in [2.24, 2.45) is 0 Å². The average Bonchev–Trinajstić information content (AvgIpc) is 2.24. The SMILES string of the molecule is C=C(C)C1=C(C)C=CCC1.CC.CC. The molecule has 0 saturated carbocycles. The van der Waals surface area contributed by atoms with Gasteiger partial charge in [0, 0.05) is 0 Å². The zero-order valence-corrected chi connectivity index (χ0v) is 10.8. The average molecular weight is 194 g/mol. The van der Waals surface area contributed by atoms with Gasteiger partial charge in [0.1, 0.15) is 0 Å². The van der Waals surface area contributed by atoms with Gasteiger partial charge in [0.25, 0.3) is 0 Å². The second kappa shape index (κ2) is 10.3. The molecule has 1 aliphatic carbocycles. The van der Waals surface area contributed by atoms with Gasteiger partial charge < -0.3 is 0 Å². The molecule has 0 heteroatoms. The van der Waals surface area contributed by atoms with Crippen LogP contribution in [0.5, 0.6) is 0 Å². The van der Waals surface area contributed by atoms with E-state index in [1.807, 2.05) is 27.7 Å². The molecule has 0 radical (unpaired) electrons. The Morgan fingerprint density at radius 2 is 1.71 bits per heavy atom. The lowest BCUT2D eigenvalue weighted by Gasteiger charge is -2.12. The Kier molecular flexibility index (Phi) is 11.5. The van der Waals surface area contributed by atoms with Crippen molar-refractivity contribution in [2.75, 3.05) is 0 Å². The van der Waals surface area contributed by atoms with Crippen LogP contribution in [0, 0.1) is 0 Å². The summed E-state index contributed by atoms with van der Waals surface area (Å²) in [6, 6.07) is 0. The van der Waals surface area contributed by atoms with Gasteiger partial charge in [0.2, 0.25) is 0 Å². The molecule has 0 nitrogen and oxygen atoms in total. The molecular weight excluding hydrogens is 168 g/mol. The third kappa shape index (κ3) is 5.80. The van der Waals surface area contributed by atoms with Crippen LogP contribution in [-0.4, -0.2) is 0 Å². The zero-order valence-electron chi connectivity index (χ0n) is 10.8. The van der Waals surface area contributed by atoms with Crippen LogP contribution < -0.4 is 0 Å². The van der Waals surface area contributed by atoms with Gasteiger partial charge in [-0.1, -0.05) is 52.0 Å². The maximum atomic E-state index is 3.94. The summed E-state index contributed by atoms with van der Waals surface area (Å²) in [7, 11) is 0. The summed E-state index contributed by atoms with van der Waals surface area (Å²) in [5, 5.41) is 0. The van der Waals surface area contributed by atoms with Crippen LogP contribution in [0.2, 0.25) is 0 Å². The van der Waals surface area contributed by atoms with Crippen LogP contribution in [0.15, 0.2) is 35.5 Å². The van der Waals surface area contributed by atoms with Crippen LogP contribution in [0.3, 0.4) is 0 Å². The van der Waals surface area contributed by atoms with Crippen LogP contribution in [0.1, 0.15) is 54.4 Å². The van der Waals surface area contributed by atoms with Crippen LogP contribution in [0.25, 0.3) is 0 Å². The van der Waals surface area contributed by atoms with E-state index in [0.717, 1.165) is 0 Å². The van der Waals surface area contributed by atoms with E-state index in [2.05, 4.69) is 32.6 Å². The van der Waals surface area contributed by atoms with E-state index in [9.17, 15) is 0 Å². The van der Waals surface area contributed by atoms with Crippen LogP contribution in [-0.2, 0) is 0 Å². The minimum absolute atomic E-state index is 1.18. The van der Waals surface area contributed by atoms with E-state index < -0.39 is 0 Å². The van der Waals surface area contributed by atoms with Crippen molar-refractivity contribution in [3.8, 4) is 0 Å². The van der Waals surface area contributed by atoms with Gasteiger partial charge in [0.15, 0.2) is 0 Å². The van der Waals surface area contributed by atoms with Crippen molar-refractivity contribution in [1.82, 2.24) is 0 Å². The minimum atomic E-state index is 1.18.